The van der Waals surface area contributed by atoms with E-state index in [0.29, 0.717) is 23.7 Å². The SMILES string of the molecule is Cc1ccc(NC(=O)COC(=O)CCCOc2ccccc2)cc1Cl. The zero-order valence-corrected chi connectivity index (χ0v) is 14.7. The number of ether oxygens (including phenoxy) is 2. The highest BCUT2D eigenvalue weighted by Gasteiger charge is 2.08. The highest BCUT2D eigenvalue weighted by molar-refractivity contribution is 6.31. The molecule has 5 nitrogen and oxygen atoms in total. The number of hydrogen-bond donors (Lipinski definition) is 1. The van der Waals surface area contributed by atoms with E-state index in [1.54, 1.807) is 18.2 Å². The summed E-state index contributed by atoms with van der Waals surface area (Å²) in [4.78, 5) is 23.4. The number of esters is 1. The third-order valence-electron chi connectivity index (χ3n) is 3.36. The summed E-state index contributed by atoms with van der Waals surface area (Å²) in [7, 11) is 0. The lowest BCUT2D eigenvalue weighted by Gasteiger charge is -2.08. The number of carbonyl (C=O) groups is 2. The largest absolute Gasteiger partial charge is 0.494 e. The fraction of sp³-hybridized carbons (Fsp3) is 0.263. The molecular weight excluding hydrogens is 342 g/mol. The van der Waals surface area contributed by atoms with E-state index in [2.05, 4.69) is 5.32 Å². The number of para-hydroxylation sites is 1. The summed E-state index contributed by atoms with van der Waals surface area (Å²) in [5.41, 5.74) is 1.48. The topological polar surface area (TPSA) is 64.6 Å². The Hall–Kier alpha value is -2.53. The van der Waals surface area contributed by atoms with Crippen LogP contribution >= 0.6 is 11.6 Å². The van der Waals surface area contributed by atoms with Gasteiger partial charge < -0.3 is 14.8 Å². The summed E-state index contributed by atoms with van der Waals surface area (Å²) in [5.74, 6) is -0.0884. The third-order valence-corrected chi connectivity index (χ3v) is 3.76. The molecule has 0 aliphatic heterocycles. The molecule has 0 aliphatic rings. The molecule has 0 atom stereocenters. The van der Waals surface area contributed by atoms with E-state index in [1.165, 1.54) is 0 Å². The lowest BCUT2D eigenvalue weighted by atomic mass is 10.2. The van der Waals surface area contributed by atoms with Crippen molar-refractivity contribution in [1.29, 1.82) is 0 Å². The van der Waals surface area contributed by atoms with E-state index in [1.807, 2.05) is 37.3 Å². The quantitative estimate of drug-likeness (QED) is 0.570. The van der Waals surface area contributed by atoms with Crippen LogP contribution in [0.1, 0.15) is 18.4 Å². The second kappa shape index (κ2) is 9.69. The van der Waals surface area contributed by atoms with Crippen molar-refractivity contribution in [2.75, 3.05) is 18.5 Å². The minimum absolute atomic E-state index is 0.191. The first-order chi connectivity index (χ1) is 12.0. The lowest BCUT2D eigenvalue weighted by molar-refractivity contribution is -0.147. The first kappa shape index (κ1) is 18.8. The molecule has 6 heteroatoms. The first-order valence-corrected chi connectivity index (χ1v) is 8.32. The van der Waals surface area contributed by atoms with Crippen LogP contribution in [-0.2, 0) is 14.3 Å². The number of rotatable bonds is 8. The molecule has 0 aromatic heterocycles. The average molecular weight is 362 g/mol. The number of benzene rings is 2. The van der Waals surface area contributed by atoms with Crippen molar-refractivity contribution < 1.29 is 19.1 Å². The Kier molecular flexibility index (Phi) is 7.29. The minimum Gasteiger partial charge on any atom is -0.494 e. The van der Waals surface area contributed by atoms with Crippen molar-refractivity contribution in [3.8, 4) is 5.75 Å². The van der Waals surface area contributed by atoms with E-state index in [-0.39, 0.29) is 13.0 Å². The van der Waals surface area contributed by atoms with Crippen molar-refractivity contribution in [2.45, 2.75) is 19.8 Å². The van der Waals surface area contributed by atoms with Crippen molar-refractivity contribution in [3.63, 3.8) is 0 Å². The van der Waals surface area contributed by atoms with Crippen LogP contribution < -0.4 is 10.1 Å². The summed E-state index contributed by atoms with van der Waals surface area (Å²) in [6.07, 6.45) is 0.708. The number of amides is 1. The maximum absolute atomic E-state index is 11.8. The van der Waals surface area contributed by atoms with Gasteiger partial charge in [0.25, 0.3) is 5.91 Å². The Labute approximate surface area is 151 Å². The summed E-state index contributed by atoms with van der Waals surface area (Å²) >= 11 is 5.99. The number of anilines is 1. The number of nitrogens with one attached hydrogen (secondary N) is 1. The molecule has 0 saturated carbocycles. The van der Waals surface area contributed by atoms with Crippen LogP contribution in [0.5, 0.6) is 5.75 Å². The van der Waals surface area contributed by atoms with Gasteiger partial charge in [-0.25, -0.2) is 0 Å². The van der Waals surface area contributed by atoms with E-state index >= 15 is 0 Å². The number of aryl methyl sites for hydroxylation is 1. The maximum Gasteiger partial charge on any atom is 0.306 e. The second-order valence-corrected chi connectivity index (χ2v) is 5.85. The van der Waals surface area contributed by atoms with Crippen LogP contribution in [-0.4, -0.2) is 25.1 Å². The van der Waals surface area contributed by atoms with Gasteiger partial charge in [0, 0.05) is 17.1 Å². The van der Waals surface area contributed by atoms with Crippen molar-refractivity contribution in [2.24, 2.45) is 0 Å². The van der Waals surface area contributed by atoms with E-state index in [0.717, 1.165) is 11.3 Å². The van der Waals surface area contributed by atoms with Crippen molar-refractivity contribution in [1.82, 2.24) is 0 Å². The fourth-order valence-electron chi connectivity index (χ4n) is 2.01. The maximum atomic E-state index is 11.8. The van der Waals surface area contributed by atoms with E-state index in [4.69, 9.17) is 21.1 Å². The van der Waals surface area contributed by atoms with Crippen molar-refractivity contribution >= 4 is 29.2 Å². The van der Waals surface area contributed by atoms with Gasteiger partial charge in [0.2, 0.25) is 0 Å². The van der Waals surface area contributed by atoms with E-state index in [9.17, 15) is 9.59 Å². The molecule has 0 radical (unpaired) electrons. The Morgan fingerprint density at radius 3 is 2.60 bits per heavy atom. The van der Waals surface area contributed by atoms with Crippen molar-refractivity contribution in [3.05, 3.63) is 59.1 Å². The van der Waals surface area contributed by atoms with Gasteiger partial charge >= 0.3 is 5.97 Å². The van der Waals surface area contributed by atoms with Gasteiger partial charge in [-0.15, -0.1) is 0 Å². The van der Waals surface area contributed by atoms with Gasteiger partial charge in [-0.2, -0.15) is 0 Å². The number of carbonyl (C=O) groups excluding carboxylic acids is 2. The summed E-state index contributed by atoms with van der Waals surface area (Å²) in [6.45, 7) is 1.95. The van der Waals surface area contributed by atoms with E-state index < -0.39 is 11.9 Å². The lowest BCUT2D eigenvalue weighted by Crippen LogP contribution is -2.21. The summed E-state index contributed by atoms with van der Waals surface area (Å²) < 4.78 is 10.4. The monoisotopic (exact) mass is 361 g/mol. The highest BCUT2D eigenvalue weighted by Crippen LogP contribution is 2.19. The fourth-order valence-corrected chi connectivity index (χ4v) is 2.19. The Morgan fingerprint density at radius 2 is 1.88 bits per heavy atom. The predicted octanol–water partition coefficient (Wildman–Crippen LogP) is 3.99. The zero-order chi connectivity index (χ0) is 18.1. The normalized spacial score (nSPS) is 10.2. The number of halogens is 1. The molecule has 132 valence electrons. The van der Waals surface area contributed by atoms with Crippen LogP contribution in [0, 0.1) is 6.92 Å². The molecule has 2 aromatic rings. The Morgan fingerprint density at radius 1 is 1.12 bits per heavy atom. The molecule has 0 unspecified atom stereocenters. The van der Waals surface area contributed by atoms with Gasteiger partial charge in [-0.05, 0) is 43.2 Å². The standard InChI is InChI=1S/C19H20ClNO4/c1-14-9-10-15(12-17(14)20)21-18(22)13-25-19(23)8-5-11-24-16-6-3-2-4-7-16/h2-4,6-7,9-10,12H,5,8,11,13H2,1H3,(H,21,22). The first-order valence-electron chi connectivity index (χ1n) is 7.94. The highest BCUT2D eigenvalue weighted by atomic mass is 35.5. The van der Waals surface area contributed by atoms with Gasteiger partial charge in [-0.1, -0.05) is 35.9 Å². The van der Waals surface area contributed by atoms with Gasteiger partial charge in [0.05, 0.1) is 6.61 Å². The van der Waals surface area contributed by atoms with Gasteiger partial charge in [-0.3, -0.25) is 9.59 Å². The van der Waals surface area contributed by atoms with Crippen LogP contribution in [0.3, 0.4) is 0 Å². The van der Waals surface area contributed by atoms with Crippen LogP contribution in [0.2, 0.25) is 5.02 Å². The predicted molar refractivity (Wildman–Crippen MR) is 96.9 cm³/mol. The van der Waals surface area contributed by atoms with Gasteiger partial charge in [0.1, 0.15) is 5.75 Å². The Bertz CT molecular complexity index is 719. The molecule has 1 N–H and O–H groups in total. The zero-order valence-electron chi connectivity index (χ0n) is 14.0. The molecule has 0 fully saturated rings. The van der Waals surface area contributed by atoms with Crippen LogP contribution in [0.25, 0.3) is 0 Å². The molecule has 0 aliphatic carbocycles. The molecule has 1 amide bonds. The second-order valence-electron chi connectivity index (χ2n) is 5.44. The molecule has 0 heterocycles. The molecule has 2 rings (SSSR count). The third kappa shape index (κ3) is 6.85. The molecule has 2 aromatic carbocycles. The Balaban J connectivity index is 1.62. The smallest absolute Gasteiger partial charge is 0.306 e. The molecule has 0 saturated heterocycles. The molecule has 0 spiro atoms. The molecule has 25 heavy (non-hydrogen) atoms. The summed E-state index contributed by atoms with van der Waals surface area (Å²) in [6, 6.07) is 14.5. The van der Waals surface area contributed by atoms with Crippen LogP contribution in [0.4, 0.5) is 5.69 Å². The average Bonchev–Trinajstić information content (AvgIpc) is 2.61. The van der Waals surface area contributed by atoms with Crippen LogP contribution in [0.15, 0.2) is 48.5 Å². The summed E-state index contributed by atoms with van der Waals surface area (Å²) in [5, 5.41) is 3.19. The molecule has 0 bridgehead atoms. The minimum atomic E-state index is -0.436. The number of hydrogen-bond acceptors (Lipinski definition) is 4. The van der Waals surface area contributed by atoms with Gasteiger partial charge in [0.15, 0.2) is 6.61 Å². The molecular formula is C19H20ClNO4.